The van der Waals surface area contributed by atoms with Crippen molar-refractivity contribution in [2.24, 2.45) is 0 Å². The summed E-state index contributed by atoms with van der Waals surface area (Å²) in [6.07, 6.45) is 7.99. The molecule has 0 saturated heterocycles. The van der Waals surface area contributed by atoms with Gasteiger partial charge < -0.3 is 14.2 Å². The highest BCUT2D eigenvalue weighted by Crippen LogP contribution is 2.33. The van der Waals surface area contributed by atoms with E-state index in [0.717, 1.165) is 12.8 Å². The maximum absolute atomic E-state index is 6.09. The molecule has 3 heteroatoms. The summed E-state index contributed by atoms with van der Waals surface area (Å²) in [5.41, 5.74) is 1.22. The normalized spacial score (nSPS) is 26.8. The van der Waals surface area contributed by atoms with E-state index < -0.39 is 5.79 Å². The molecule has 0 aromatic carbocycles. The van der Waals surface area contributed by atoms with E-state index in [0.29, 0.717) is 13.2 Å². The monoisotopic (exact) mass is 268 g/mol. The highest BCUT2D eigenvalue weighted by molar-refractivity contribution is 5.29. The van der Waals surface area contributed by atoms with Crippen molar-refractivity contribution in [3.8, 4) is 0 Å². The van der Waals surface area contributed by atoms with Gasteiger partial charge in [0, 0.05) is 6.61 Å². The van der Waals surface area contributed by atoms with E-state index in [1.54, 1.807) is 0 Å². The van der Waals surface area contributed by atoms with Crippen molar-refractivity contribution in [1.82, 2.24) is 0 Å². The molecule has 1 aliphatic rings. The van der Waals surface area contributed by atoms with Gasteiger partial charge in [-0.05, 0) is 45.3 Å². The van der Waals surface area contributed by atoms with Gasteiger partial charge in [-0.25, -0.2) is 0 Å². The lowest BCUT2D eigenvalue weighted by atomic mass is 9.93. The largest absolute Gasteiger partial charge is 0.365 e. The Balaban J connectivity index is 3.01. The molecule has 0 fully saturated rings. The van der Waals surface area contributed by atoms with Gasteiger partial charge in [0.1, 0.15) is 6.10 Å². The van der Waals surface area contributed by atoms with Crippen LogP contribution in [0.3, 0.4) is 0 Å². The zero-order valence-corrected chi connectivity index (χ0v) is 12.9. The van der Waals surface area contributed by atoms with Crippen molar-refractivity contribution in [2.45, 2.75) is 65.5 Å². The number of allylic oxidation sites excluding steroid dienone is 2. The molecule has 0 N–H and O–H groups in total. The molecule has 0 radical (unpaired) electrons. The molecule has 110 valence electrons. The lowest BCUT2D eigenvalue weighted by Gasteiger charge is -2.41. The quantitative estimate of drug-likeness (QED) is 0.626. The Morgan fingerprint density at radius 1 is 1.21 bits per heavy atom. The standard InChI is InChI=1S/C16H28O3/c1-6-12-18-16(17-8-3)11-9-10-14(7-2)15(16)19-13(4)5/h9-11,13,15H,6-8,12H2,1-5H3. The van der Waals surface area contributed by atoms with Gasteiger partial charge in [-0.2, -0.15) is 0 Å². The second-order valence-electron chi connectivity index (χ2n) is 5.02. The van der Waals surface area contributed by atoms with Crippen molar-refractivity contribution in [1.29, 1.82) is 0 Å². The summed E-state index contributed by atoms with van der Waals surface area (Å²) < 4.78 is 18.1. The van der Waals surface area contributed by atoms with Crippen LogP contribution >= 0.6 is 0 Å². The predicted molar refractivity (Wildman–Crippen MR) is 78.1 cm³/mol. The maximum atomic E-state index is 6.09. The lowest BCUT2D eigenvalue weighted by molar-refractivity contribution is -0.259. The maximum Gasteiger partial charge on any atom is 0.219 e. The van der Waals surface area contributed by atoms with E-state index in [9.17, 15) is 0 Å². The van der Waals surface area contributed by atoms with Crippen LogP contribution in [0.2, 0.25) is 0 Å². The molecule has 19 heavy (non-hydrogen) atoms. The first kappa shape index (κ1) is 16.4. The Bertz CT molecular complexity index is 320. The molecule has 1 aliphatic carbocycles. The minimum Gasteiger partial charge on any atom is -0.365 e. The molecule has 0 aromatic heterocycles. The van der Waals surface area contributed by atoms with Gasteiger partial charge in [0.2, 0.25) is 5.79 Å². The molecule has 0 bridgehead atoms. The van der Waals surface area contributed by atoms with Crippen LogP contribution in [0.1, 0.15) is 47.5 Å². The summed E-state index contributed by atoms with van der Waals surface area (Å²) in [4.78, 5) is 0. The first-order valence-electron chi connectivity index (χ1n) is 7.41. The van der Waals surface area contributed by atoms with Gasteiger partial charge in [0.25, 0.3) is 0 Å². The van der Waals surface area contributed by atoms with Crippen LogP contribution in [0, 0.1) is 0 Å². The topological polar surface area (TPSA) is 27.7 Å². The van der Waals surface area contributed by atoms with E-state index in [1.807, 2.05) is 32.9 Å². The zero-order valence-electron chi connectivity index (χ0n) is 12.9. The Labute approximate surface area is 117 Å². The van der Waals surface area contributed by atoms with Crippen LogP contribution in [-0.2, 0) is 14.2 Å². The van der Waals surface area contributed by atoms with Crippen LogP contribution in [0.4, 0.5) is 0 Å². The molecular weight excluding hydrogens is 240 g/mol. The van der Waals surface area contributed by atoms with Gasteiger partial charge in [0.05, 0.1) is 12.7 Å². The van der Waals surface area contributed by atoms with Gasteiger partial charge in [0.15, 0.2) is 0 Å². The minimum atomic E-state index is -0.769. The highest BCUT2D eigenvalue weighted by atomic mass is 16.7. The lowest BCUT2D eigenvalue weighted by Crippen LogP contribution is -2.50. The molecule has 0 saturated carbocycles. The van der Waals surface area contributed by atoms with Crippen molar-refractivity contribution in [2.75, 3.05) is 13.2 Å². The van der Waals surface area contributed by atoms with Gasteiger partial charge in [-0.1, -0.05) is 26.0 Å². The Hall–Kier alpha value is -0.640. The third-order valence-electron chi connectivity index (χ3n) is 3.06. The molecule has 0 aliphatic heterocycles. The second-order valence-corrected chi connectivity index (χ2v) is 5.02. The Kier molecular flexibility index (Phi) is 6.76. The van der Waals surface area contributed by atoms with Crippen LogP contribution in [0.25, 0.3) is 0 Å². The molecule has 0 amide bonds. The molecule has 3 nitrogen and oxygen atoms in total. The third kappa shape index (κ3) is 4.16. The smallest absolute Gasteiger partial charge is 0.219 e. The van der Waals surface area contributed by atoms with E-state index in [1.165, 1.54) is 5.57 Å². The fourth-order valence-corrected chi connectivity index (χ4v) is 2.27. The Morgan fingerprint density at radius 3 is 2.47 bits per heavy atom. The molecule has 0 spiro atoms. The summed E-state index contributed by atoms with van der Waals surface area (Å²) >= 11 is 0. The summed E-state index contributed by atoms with van der Waals surface area (Å²) in [5.74, 6) is -0.769. The van der Waals surface area contributed by atoms with Crippen LogP contribution in [0.15, 0.2) is 23.8 Å². The first-order valence-corrected chi connectivity index (χ1v) is 7.41. The van der Waals surface area contributed by atoms with Crippen molar-refractivity contribution >= 4 is 0 Å². The summed E-state index contributed by atoms with van der Waals surface area (Å²) in [6, 6.07) is 0. The first-order chi connectivity index (χ1) is 9.09. The van der Waals surface area contributed by atoms with Crippen molar-refractivity contribution in [3.63, 3.8) is 0 Å². The molecule has 0 heterocycles. The highest BCUT2D eigenvalue weighted by Gasteiger charge is 2.43. The Morgan fingerprint density at radius 2 is 1.95 bits per heavy atom. The second kappa shape index (κ2) is 7.83. The average Bonchev–Trinajstić information content (AvgIpc) is 2.38. The molecule has 1 rings (SSSR count). The van der Waals surface area contributed by atoms with Crippen molar-refractivity contribution < 1.29 is 14.2 Å². The van der Waals surface area contributed by atoms with E-state index in [4.69, 9.17) is 14.2 Å². The van der Waals surface area contributed by atoms with Crippen LogP contribution in [0.5, 0.6) is 0 Å². The van der Waals surface area contributed by atoms with Gasteiger partial charge >= 0.3 is 0 Å². The zero-order chi connectivity index (χ0) is 14.3. The SMILES string of the molecule is CCCOC1(OCC)C=CC=C(CC)C1OC(C)C. The third-order valence-corrected chi connectivity index (χ3v) is 3.06. The molecule has 0 aromatic rings. The average molecular weight is 268 g/mol. The van der Waals surface area contributed by atoms with E-state index in [2.05, 4.69) is 19.9 Å². The number of ether oxygens (including phenoxy) is 3. The molecular formula is C16H28O3. The van der Waals surface area contributed by atoms with E-state index in [-0.39, 0.29) is 12.2 Å². The summed E-state index contributed by atoms with van der Waals surface area (Å²) in [7, 11) is 0. The summed E-state index contributed by atoms with van der Waals surface area (Å²) in [6.45, 7) is 11.6. The number of hydrogen-bond acceptors (Lipinski definition) is 3. The number of rotatable bonds is 8. The fourth-order valence-electron chi connectivity index (χ4n) is 2.27. The van der Waals surface area contributed by atoms with Gasteiger partial charge in [-0.3, -0.25) is 0 Å². The predicted octanol–water partition coefficient (Wildman–Crippen LogP) is 3.85. The van der Waals surface area contributed by atoms with Crippen molar-refractivity contribution in [3.05, 3.63) is 23.8 Å². The van der Waals surface area contributed by atoms with E-state index >= 15 is 0 Å². The molecule has 2 unspecified atom stereocenters. The number of hydrogen-bond donors (Lipinski definition) is 0. The van der Waals surface area contributed by atoms with Gasteiger partial charge in [-0.15, -0.1) is 0 Å². The summed E-state index contributed by atoms with van der Waals surface area (Å²) in [5, 5.41) is 0. The van der Waals surface area contributed by atoms with Crippen LogP contribution < -0.4 is 0 Å². The fraction of sp³-hybridized carbons (Fsp3) is 0.750. The van der Waals surface area contributed by atoms with Crippen LogP contribution in [-0.4, -0.2) is 31.2 Å². The minimum absolute atomic E-state index is 0.136. The molecule has 2 atom stereocenters.